The Kier molecular flexibility index (Phi) is 7.05. The summed E-state index contributed by atoms with van der Waals surface area (Å²) in [5, 5.41) is 6.43. The lowest BCUT2D eigenvalue weighted by molar-refractivity contribution is 0.346. The topological polar surface area (TPSA) is 73.8 Å². The quantitative estimate of drug-likeness (QED) is 0.606. The summed E-state index contributed by atoms with van der Waals surface area (Å²) in [5.74, 6) is 0.752. The fraction of sp³-hybridized carbons (Fsp3) is 0.588. The Morgan fingerprint density at radius 2 is 1.79 bits per heavy atom. The minimum atomic E-state index is -3.35. The molecule has 1 aromatic carbocycles. The molecule has 0 bridgehead atoms. The van der Waals surface area contributed by atoms with Gasteiger partial charge in [0.1, 0.15) is 0 Å². The summed E-state index contributed by atoms with van der Waals surface area (Å²) >= 11 is 0. The van der Waals surface area contributed by atoms with E-state index in [-0.39, 0.29) is 0 Å². The third kappa shape index (κ3) is 4.95. The summed E-state index contributed by atoms with van der Waals surface area (Å²) < 4.78 is 26.8. The van der Waals surface area contributed by atoms with Crippen LogP contribution in [0.2, 0.25) is 0 Å². The summed E-state index contributed by atoms with van der Waals surface area (Å²) in [4.78, 5) is 4.53. The minimum Gasteiger partial charge on any atom is -0.356 e. The highest BCUT2D eigenvalue weighted by atomic mass is 32.2. The van der Waals surface area contributed by atoms with Crippen molar-refractivity contribution in [1.82, 2.24) is 14.9 Å². The van der Waals surface area contributed by atoms with Crippen LogP contribution < -0.4 is 10.6 Å². The number of hydrogen-bond donors (Lipinski definition) is 2. The Balaban J connectivity index is 1.97. The number of aliphatic imine (C=N–C) groups is 1. The van der Waals surface area contributed by atoms with E-state index in [9.17, 15) is 8.42 Å². The Labute approximate surface area is 145 Å². The van der Waals surface area contributed by atoms with Gasteiger partial charge in [0.25, 0.3) is 0 Å². The molecule has 1 aliphatic heterocycles. The van der Waals surface area contributed by atoms with Crippen LogP contribution in [0.15, 0.2) is 34.2 Å². The van der Waals surface area contributed by atoms with Crippen molar-refractivity contribution in [3.05, 3.63) is 29.8 Å². The zero-order valence-corrected chi connectivity index (χ0v) is 15.4. The van der Waals surface area contributed by atoms with E-state index < -0.39 is 10.0 Å². The van der Waals surface area contributed by atoms with Crippen LogP contribution in [0.5, 0.6) is 0 Å². The Morgan fingerprint density at radius 1 is 1.12 bits per heavy atom. The van der Waals surface area contributed by atoms with Crippen molar-refractivity contribution in [3.8, 4) is 0 Å². The lowest BCUT2D eigenvalue weighted by Crippen LogP contribution is -2.37. The Bertz CT molecular complexity index is 635. The van der Waals surface area contributed by atoms with E-state index in [1.54, 1.807) is 23.5 Å². The normalized spacial score (nSPS) is 16.8. The van der Waals surface area contributed by atoms with Crippen molar-refractivity contribution in [3.63, 3.8) is 0 Å². The van der Waals surface area contributed by atoms with Crippen LogP contribution in [-0.4, -0.2) is 45.4 Å². The lowest BCUT2D eigenvalue weighted by atomic mass is 10.2. The van der Waals surface area contributed by atoms with Gasteiger partial charge in [-0.2, -0.15) is 4.31 Å². The molecule has 0 radical (unpaired) electrons. The summed E-state index contributed by atoms with van der Waals surface area (Å²) in [6.07, 6.45) is 4.05. The predicted octanol–water partition coefficient (Wildman–Crippen LogP) is 1.94. The fourth-order valence-electron chi connectivity index (χ4n) is 2.68. The molecule has 0 spiro atoms. The zero-order chi connectivity index (χ0) is 17.4. The van der Waals surface area contributed by atoms with Crippen LogP contribution in [0.25, 0.3) is 0 Å². The molecule has 0 amide bonds. The first kappa shape index (κ1) is 18.7. The first-order chi connectivity index (χ1) is 11.6. The maximum atomic E-state index is 12.6. The van der Waals surface area contributed by atoms with Gasteiger partial charge in [0.05, 0.1) is 4.90 Å². The molecule has 0 aliphatic carbocycles. The van der Waals surface area contributed by atoms with Gasteiger partial charge >= 0.3 is 0 Å². The van der Waals surface area contributed by atoms with Crippen LogP contribution in [0.1, 0.15) is 38.2 Å². The third-order valence-corrected chi connectivity index (χ3v) is 6.02. The highest BCUT2D eigenvalue weighted by molar-refractivity contribution is 7.89. The second-order valence-corrected chi connectivity index (χ2v) is 7.90. The Hall–Kier alpha value is -1.60. The van der Waals surface area contributed by atoms with Gasteiger partial charge in [-0.15, -0.1) is 0 Å². The summed E-state index contributed by atoms with van der Waals surface area (Å²) in [7, 11) is -1.61. The zero-order valence-electron chi connectivity index (χ0n) is 14.6. The standard InChI is InChI=1S/C17H28N4O2S/c1-3-11-19-17(18-2)20-14-15-7-9-16(10-8-15)24(22,23)21-12-5-4-6-13-21/h7-10H,3-6,11-14H2,1-2H3,(H2,18,19,20). The summed E-state index contributed by atoms with van der Waals surface area (Å²) in [6, 6.07) is 7.11. The summed E-state index contributed by atoms with van der Waals surface area (Å²) in [5.41, 5.74) is 1.02. The third-order valence-electron chi connectivity index (χ3n) is 4.10. The van der Waals surface area contributed by atoms with Crippen molar-refractivity contribution in [1.29, 1.82) is 0 Å². The van der Waals surface area contributed by atoms with Gasteiger partial charge in [0.2, 0.25) is 10.0 Å². The second-order valence-electron chi connectivity index (χ2n) is 5.96. The van der Waals surface area contributed by atoms with E-state index in [1.165, 1.54) is 0 Å². The Morgan fingerprint density at radius 3 is 2.38 bits per heavy atom. The van der Waals surface area contributed by atoms with E-state index in [0.717, 1.165) is 43.8 Å². The molecule has 1 aromatic rings. The van der Waals surface area contributed by atoms with Gasteiger partial charge in [-0.3, -0.25) is 4.99 Å². The molecule has 24 heavy (non-hydrogen) atoms. The van der Waals surface area contributed by atoms with Crippen molar-refractivity contribution in [2.24, 2.45) is 4.99 Å². The number of hydrogen-bond acceptors (Lipinski definition) is 3. The van der Waals surface area contributed by atoms with Crippen molar-refractivity contribution >= 4 is 16.0 Å². The number of benzene rings is 1. The number of rotatable bonds is 6. The van der Waals surface area contributed by atoms with Crippen LogP contribution in [0.3, 0.4) is 0 Å². The van der Waals surface area contributed by atoms with E-state index in [0.29, 0.717) is 24.5 Å². The van der Waals surface area contributed by atoms with Gasteiger partial charge in [0, 0.05) is 33.2 Å². The molecule has 0 atom stereocenters. The van der Waals surface area contributed by atoms with Crippen LogP contribution in [-0.2, 0) is 16.6 Å². The number of piperidine rings is 1. The molecule has 0 aromatic heterocycles. The average Bonchev–Trinajstić information content (AvgIpc) is 2.63. The van der Waals surface area contributed by atoms with Gasteiger partial charge in [-0.1, -0.05) is 25.5 Å². The first-order valence-corrected chi connectivity index (χ1v) is 10.1. The largest absolute Gasteiger partial charge is 0.356 e. The number of nitrogens with one attached hydrogen (secondary N) is 2. The van der Waals surface area contributed by atoms with E-state index in [2.05, 4.69) is 22.5 Å². The smallest absolute Gasteiger partial charge is 0.243 e. The maximum Gasteiger partial charge on any atom is 0.243 e. The molecule has 1 aliphatic rings. The van der Waals surface area contributed by atoms with Gasteiger partial charge in [0.15, 0.2) is 5.96 Å². The molecule has 1 fully saturated rings. The van der Waals surface area contributed by atoms with Gasteiger partial charge in [-0.05, 0) is 37.0 Å². The van der Waals surface area contributed by atoms with Crippen LogP contribution in [0.4, 0.5) is 0 Å². The van der Waals surface area contributed by atoms with Crippen LogP contribution in [0, 0.1) is 0 Å². The molecule has 1 saturated heterocycles. The monoisotopic (exact) mass is 352 g/mol. The molecule has 7 heteroatoms. The highest BCUT2D eigenvalue weighted by Crippen LogP contribution is 2.20. The van der Waals surface area contributed by atoms with Crippen molar-refractivity contribution < 1.29 is 8.42 Å². The highest BCUT2D eigenvalue weighted by Gasteiger charge is 2.25. The molecule has 2 N–H and O–H groups in total. The SMILES string of the molecule is CCCNC(=NC)NCc1ccc(S(=O)(=O)N2CCCCC2)cc1. The van der Waals surface area contributed by atoms with E-state index in [1.807, 2.05) is 12.1 Å². The van der Waals surface area contributed by atoms with Gasteiger partial charge < -0.3 is 10.6 Å². The average molecular weight is 353 g/mol. The van der Waals surface area contributed by atoms with E-state index in [4.69, 9.17) is 0 Å². The summed E-state index contributed by atoms with van der Waals surface area (Å²) in [6.45, 7) is 4.83. The van der Waals surface area contributed by atoms with E-state index >= 15 is 0 Å². The predicted molar refractivity (Wildman–Crippen MR) is 97.5 cm³/mol. The maximum absolute atomic E-state index is 12.6. The molecule has 1 heterocycles. The lowest BCUT2D eigenvalue weighted by Gasteiger charge is -2.25. The van der Waals surface area contributed by atoms with Crippen molar-refractivity contribution in [2.75, 3.05) is 26.7 Å². The molecule has 134 valence electrons. The van der Waals surface area contributed by atoms with Gasteiger partial charge in [-0.25, -0.2) is 8.42 Å². The molecule has 2 rings (SSSR count). The number of sulfonamides is 1. The first-order valence-electron chi connectivity index (χ1n) is 8.61. The molecule has 6 nitrogen and oxygen atoms in total. The molecule has 0 saturated carbocycles. The molecule has 0 unspecified atom stereocenters. The minimum absolute atomic E-state index is 0.377. The van der Waals surface area contributed by atoms with Crippen molar-refractivity contribution in [2.45, 2.75) is 44.0 Å². The molecular weight excluding hydrogens is 324 g/mol. The fourth-order valence-corrected chi connectivity index (χ4v) is 4.20. The molecular formula is C17H28N4O2S. The second kappa shape index (κ2) is 9.03. The number of guanidine groups is 1. The van der Waals surface area contributed by atoms with Crippen LogP contribution >= 0.6 is 0 Å². The number of nitrogens with zero attached hydrogens (tertiary/aromatic N) is 2.